The molecule has 0 atom stereocenters. The molecule has 1 N–H and O–H groups in total. The summed E-state index contributed by atoms with van der Waals surface area (Å²) in [6.07, 6.45) is 4.37. The first-order valence-corrected chi connectivity index (χ1v) is 5.24. The minimum atomic E-state index is 0.529. The molecule has 1 aromatic rings. The molecule has 1 aromatic heterocycles. The SMILES string of the molecule is Cc1ccnc(NC2CC(C)(C)C2)c1. The minimum absolute atomic E-state index is 0.529. The third kappa shape index (κ3) is 2.06. The molecule has 2 nitrogen and oxygen atoms in total. The largest absolute Gasteiger partial charge is 0.367 e. The lowest BCUT2D eigenvalue weighted by molar-refractivity contribution is 0.167. The number of pyridine rings is 1. The Labute approximate surface area is 85.7 Å². The summed E-state index contributed by atoms with van der Waals surface area (Å²) in [5.74, 6) is 1.02. The van der Waals surface area contributed by atoms with Gasteiger partial charge in [-0.25, -0.2) is 4.98 Å². The van der Waals surface area contributed by atoms with Crippen LogP contribution in [0.3, 0.4) is 0 Å². The van der Waals surface area contributed by atoms with Gasteiger partial charge in [-0.2, -0.15) is 0 Å². The second-order valence-electron chi connectivity index (χ2n) is 5.13. The summed E-state index contributed by atoms with van der Waals surface area (Å²) < 4.78 is 0. The van der Waals surface area contributed by atoms with Gasteiger partial charge in [0.25, 0.3) is 0 Å². The molecule has 0 aliphatic heterocycles. The fraction of sp³-hybridized carbons (Fsp3) is 0.583. The fourth-order valence-electron chi connectivity index (χ4n) is 2.20. The van der Waals surface area contributed by atoms with Crippen LogP contribution in [0.15, 0.2) is 18.3 Å². The predicted molar refractivity (Wildman–Crippen MR) is 59.4 cm³/mol. The third-order valence-corrected chi connectivity index (χ3v) is 2.87. The summed E-state index contributed by atoms with van der Waals surface area (Å²) in [5, 5.41) is 3.46. The third-order valence-electron chi connectivity index (χ3n) is 2.87. The Kier molecular flexibility index (Phi) is 2.22. The van der Waals surface area contributed by atoms with Crippen LogP contribution in [0, 0.1) is 12.3 Å². The van der Waals surface area contributed by atoms with E-state index in [2.05, 4.69) is 37.1 Å². The number of nitrogens with one attached hydrogen (secondary N) is 1. The van der Waals surface area contributed by atoms with Crippen LogP contribution in [0.25, 0.3) is 0 Å². The molecule has 0 aromatic carbocycles. The van der Waals surface area contributed by atoms with Gasteiger partial charge in [0.05, 0.1) is 0 Å². The number of aryl methyl sites for hydroxylation is 1. The topological polar surface area (TPSA) is 24.9 Å². The smallest absolute Gasteiger partial charge is 0.126 e. The van der Waals surface area contributed by atoms with Crippen LogP contribution in [-0.4, -0.2) is 11.0 Å². The molecule has 0 spiro atoms. The number of rotatable bonds is 2. The normalized spacial score (nSPS) is 20.2. The maximum Gasteiger partial charge on any atom is 0.126 e. The number of hydrogen-bond donors (Lipinski definition) is 1. The second kappa shape index (κ2) is 3.26. The highest BCUT2D eigenvalue weighted by Gasteiger charge is 2.35. The van der Waals surface area contributed by atoms with Crippen LogP contribution >= 0.6 is 0 Å². The molecule has 2 rings (SSSR count). The maximum atomic E-state index is 4.30. The van der Waals surface area contributed by atoms with Gasteiger partial charge in [-0.3, -0.25) is 0 Å². The molecule has 0 amide bonds. The molecule has 0 unspecified atom stereocenters. The van der Waals surface area contributed by atoms with Gasteiger partial charge < -0.3 is 5.32 Å². The molecule has 1 fully saturated rings. The number of nitrogens with zero attached hydrogens (tertiary/aromatic N) is 1. The second-order valence-corrected chi connectivity index (χ2v) is 5.13. The van der Waals surface area contributed by atoms with Crippen molar-refractivity contribution < 1.29 is 0 Å². The summed E-state index contributed by atoms with van der Waals surface area (Å²) in [7, 11) is 0. The standard InChI is InChI=1S/C12H18N2/c1-9-4-5-13-11(6-9)14-10-7-12(2,3)8-10/h4-6,10H,7-8H2,1-3H3,(H,13,14). The highest BCUT2D eigenvalue weighted by Crippen LogP contribution is 2.41. The zero-order valence-electron chi connectivity index (χ0n) is 9.17. The van der Waals surface area contributed by atoms with Crippen molar-refractivity contribution in [2.45, 2.75) is 39.7 Å². The first kappa shape index (κ1) is 9.50. The van der Waals surface area contributed by atoms with Crippen LogP contribution in [0.1, 0.15) is 32.3 Å². The fourth-order valence-corrected chi connectivity index (χ4v) is 2.20. The average molecular weight is 190 g/mol. The van der Waals surface area contributed by atoms with Gasteiger partial charge in [0.15, 0.2) is 0 Å². The molecular weight excluding hydrogens is 172 g/mol. The molecule has 1 aliphatic carbocycles. The van der Waals surface area contributed by atoms with Crippen molar-refractivity contribution in [3.63, 3.8) is 0 Å². The maximum absolute atomic E-state index is 4.30. The summed E-state index contributed by atoms with van der Waals surface area (Å²) >= 11 is 0. The van der Waals surface area contributed by atoms with Crippen molar-refractivity contribution in [2.24, 2.45) is 5.41 Å². The number of aromatic nitrogens is 1. The summed E-state index contributed by atoms with van der Waals surface area (Å²) in [5.41, 5.74) is 1.79. The monoisotopic (exact) mass is 190 g/mol. The quantitative estimate of drug-likeness (QED) is 0.775. The van der Waals surface area contributed by atoms with E-state index in [-0.39, 0.29) is 0 Å². The molecule has 1 heterocycles. The van der Waals surface area contributed by atoms with E-state index in [9.17, 15) is 0 Å². The Bertz CT molecular complexity index is 323. The van der Waals surface area contributed by atoms with E-state index >= 15 is 0 Å². The van der Waals surface area contributed by atoms with E-state index in [0.29, 0.717) is 11.5 Å². The van der Waals surface area contributed by atoms with Crippen molar-refractivity contribution in [1.82, 2.24) is 4.98 Å². The molecule has 0 bridgehead atoms. The molecule has 1 saturated carbocycles. The van der Waals surface area contributed by atoms with Crippen molar-refractivity contribution >= 4 is 5.82 Å². The van der Waals surface area contributed by atoms with Crippen LogP contribution in [0.2, 0.25) is 0 Å². The van der Waals surface area contributed by atoms with Gasteiger partial charge in [0.1, 0.15) is 5.82 Å². The summed E-state index contributed by atoms with van der Waals surface area (Å²) in [6.45, 7) is 6.72. The van der Waals surface area contributed by atoms with E-state index in [4.69, 9.17) is 0 Å². The van der Waals surface area contributed by atoms with E-state index < -0.39 is 0 Å². The van der Waals surface area contributed by atoms with E-state index in [1.807, 2.05) is 12.3 Å². The highest BCUT2D eigenvalue weighted by atomic mass is 15.0. The molecule has 2 heteroatoms. The van der Waals surface area contributed by atoms with Crippen molar-refractivity contribution in [3.05, 3.63) is 23.9 Å². The predicted octanol–water partition coefficient (Wildman–Crippen LogP) is 2.99. The lowest BCUT2D eigenvalue weighted by Gasteiger charge is -2.43. The minimum Gasteiger partial charge on any atom is -0.367 e. The Morgan fingerprint density at radius 1 is 1.43 bits per heavy atom. The molecule has 0 radical (unpaired) electrons. The van der Waals surface area contributed by atoms with Crippen molar-refractivity contribution in [1.29, 1.82) is 0 Å². The van der Waals surface area contributed by atoms with Gasteiger partial charge in [-0.05, 0) is 42.9 Å². The number of hydrogen-bond acceptors (Lipinski definition) is 2. The van der Waals surface area contributed by atoms with Gasteiger partial charge in [-0.1, -0.05) is 13.8 Å². The lowest BCUT2D eigenvalue weighted by atomic mass is 9.68. The molecular formula is C12H18N2. The van der Waals surface area contributed by atoms with Gasteiger partial charge >= 0.3 is 0 Å². The Morgan fingerprint density at radius 2 is 2.14 bits per heavy atom. The van der Waals surface area contributed by atoms with E-state index in [0.717, 1.165) is 5.82 Å². The Hall–Kier alpha value is -1.05. The lowest BCUT2D eigenvalue weighted by Crippen LogP contribution is -2.41. The zero-order chi connectivity index (χ0) is 10.2. The molecule has 14 heavy (non-hydrogen) atoms. The molecule has 1 aliphatic rings. The van der Waals surface area contributed by atoms with Crippen LogP contribution in [0.4, 0.5) is 5.82 Å². The number of anilines is 1. The van der Waals surface area contributed by atoms with Crippen molar-refractivity contribution in [2.75, 3.05) is 5.32 Å². The Balaban J connectivity index is 1.93. The Morgan fingerprint density at radius 3 is 2.71 bits per heavy atom. The van der Waals surface area contributed by atoms with Crippen LogP contribution in [0.5, 0.6) is 0 Å². The van der Waals surface area contributed by atoms with Gasteiger partial charge in [-0.15, -0.1) is 0 Å². The summed E-state index contributed by atoms with van der Waals surface area (Å²) in [6, 6.07) is 4.75. The van der Waals surface area contributed by atoms with E-state index in [1.54, 1.807) is 0 Å². The molecule has 76 valence electrons. The highest BCUT2D eigenvalue weighted by molar-refractivity contribution is 5.38. The van der Waals surface area contributed by atoms with Gasteiger partial charge in [0, 0.05) is 12.2 Å². The van der Waals surface area contributed by atoms with Crippen LogP contribution in [-0.2, 0) is 0 Å². The van der Waals surface area contributed by atoms with Gasteiger partial charge in [0.2, 0.25) is 0 Å². The van der Waals surface area contributed by atoms with Crippen LogP contribution < -0.4 is 5.32 Å². The van der Waals surface area contributed by atoms with Crippen molar-refractivity contribution in [3.8, 4) is 0 Å². The molecule has 0 saturated heterocycles. The van der Waals surface area contributed by atoms with E-state index in [1.165, 1.54) is 18.4 Å². The first-order valence-electron chi connectivity index (χ1n) is 5.24. The zero-order valence-corrected chi connectivity index (χ0v) is 9.17. The average Bonchev–Trinajstić information content (AvgIpc) is 2.00. The first-order chi connectivity index (χ1) is 6.55. The summed E-state index contributed by atoms with van der Waals surface area (Å²) in [4.78, 5) is 4.30.